The van der Waals surface area contributed by atoms with Crippen molar-refractivity contribution in [3.05, 3.63) is 0 Å². The summed E-state index contributed by atoms with van der Waals surface area (Å²) in [6, 6.07) is 2.16. The molecule has 6 heteroatoms. The Balaban J connectivity index is 1.36. The van der Waals surface area contributed by atoms with E-state index in [1.807, 2.05) is 0 Å². The molecule has 3 fully saturated rings. The molecule has 0 spiro atoms. The average molecular weight is 341 g/mol. The van der Waals surface area contributed by atoms with Gasteiger partial charge in [0.2, 0.25) is 0 Å². The molecule has 3 saturated heterocycles. The van der Waals surface area contributed by atoms with E-state index >= 15 is 0 Å². The summed E-state index contributed by atoms with van der Waals surface area (Å²) in [6.45, 7) is 16.0. The van der Waals surface area contributed by atoms with Gasteiger partial charge < -0.3 is 20.1 Å². The fourth-order valence-corrected chi connectivity index (χ4v) is 4.06. The van der Waals surface area contributed by atoms with Gasteiger partial charge in [-0.1, -0.05) is 0 Å². The van der Waals surface area contributed by atoms with Crippen molar-refractivity contribution < 1.29 is 9.47 Å². The first-order valence-electron chi connectivity index (χ1n) is 9.76. The lowest BCUT2D eigenvalue weighted by molar-refractivity contribution is -0.0960. The van der Waals surface area contributed by atoms with Gasteiger partial charge in [0.05, 0.1) is 25.9 Å². The molecule has 6 nitrogen and oxygen atoms in total. The molecular weight excluding hydrogens is 304 g/mol. The molecule has 3 unspecified atom stereocenters. The zero-order valence-electron chi connectivity index (χ0n) is 15.7. The third kappa shape index (κ3) is 5.13. The summed E-state index contributed by atoms with van der Waals surface area (Å²) >= 11 is 0. The monoisotopic (exact) mass is 340 g/mol. The van der Waals surface area contributed by atoms with Crippen LogP contribution in [0.25, 0.3) is 0 Å². The van der Waals surface area contributed by atoms with E-state index < -0.39 is 0 Å². The Morgan fingerprint density at radius 2 is 2.04 bits per heavy atom. The van der Waals surface area contributed by atoms with Crippen LogP contribution >= 0.6 is 0 Å². The first-order valence-corrected chi connectivity index (χ1v) is 9.76. The first kappa shape index (κ1) is 18.5. The molecule has 140 valence electrons. The fourth-order valence-electron chi connectivity index (χ4n) is 4.06. The van der Waals surface area contributed by atoms with E-state index in [9.17, 15) is 0 Å². The molecule has 0 aromatic heterocycles. The molecule has 3 rings (SSSR count). The Labute approximate surface area is 147 Å². The summed E-state index contributed by atoms with van der Waals surface area (Å²) in [6.07, 6.45) is 1.45. The second-order valence-corrected chi connectivity index (χ2v) is 7.96. The van der Waals surface area contributed by atoms with Crippen molar-refractivity contribution in [2.24, 2.45) is 0 Å². The highest BCUT2D eigenvalue weighted by molar-refractivity contribution is 4.89. The van der Waals surface area contributed by atoms with Crippen LogP contribution in [0.15, 0.2) is 0 Å². The SMILES string of the molecule is CC(CC1CN2CCN(C(C)C)C[C@H]2CO1)NCC1COCCN1. The zero-order valence-corrected chi connectivity index (χ0v) is 15.7. The molecule has 4 atom stereocenters. The van der Waals surface area contributed by atoms with Crippen molar-refractivity contribution in [3.8, 4) is 0 Å². The quantitative estimate of drug-likeness (QED) is 0.717. The van der Waals surface area contributed by atoms with Crippen molar-refractivity contribution >= 4 is 0 Å². The van der Waals surface area contributed by atoms with Crippen LogP contribution in [0.3, 0.4) is 0 Å². The third-order valence-electron chi connectivity index (χ3n) is 5.66. The predicted molar refractivity (Wildman–Crippen MR) is 96.5 cm³/mol. The molecule has 24 heavy (non-hydrogen) atoms. The Morgan fingerprint density at radius 3 is 2.79 bits per heavy atom. The molecule has 0 aromatic rings. The van der Waals surface area contributed by atoms with Crippen LogP contribution in [-0.4, -0.2) is 99.2 Å². The van der Waals surface area contributed by atoms with E-state index in [0.29, 0.717) is 30.3 Å². The number of hydrogen-bond acceptors (Lipinski definition) is 6. The van der Waals surface area contributed by atoms with Gasteiger partial charge >= 0.3 is 0 Å². The van der Waals surface area contributed by atoms with Crippen molar-refractivity contribution in [2.75, 3.05) is 59.1 Å². The van der Waals surface area contributed by atoms with Crippen LogP contribution < -0.4 is 10.6 Å². The fraction of sp³-hybridized carbons (Fsp3) is 1.00. The number of ether oxygens (including phenoxy) is 2. The zero-order chi connectivity index (χ0) is 16.9. The molecule has 0 bridgehead atoms. The highest BCUT2D eigenvalue weighted by Gasteiger charge is 2.34. The highest BCUT2D eigenvalue weighted by Crippen LogP contribution is 2.20. The van der Waals surface area contributed by atoms with Crippen LogP contribution in [0, 0.1) is 0 Å². The topological polar surface area (TPSA) is 49.0 Å². The maximum Gasteiger partial charge on any atom is 0.0717 e. The average Bonchev–Trinajstić information content (AvgIpc) is 2.60. The van der Waals surface area contributed by atoms with Gasteiger partial charge in [-0.2, -0.15) is 0 Å². The molecule has 3 heterocycles. The van der Waals surface area contributed by atoms with E-state index in [2.05, 4.69) is 41.2 Å². The maximum absolute atomic E-state index is 6.19. The minimum Gasteiger partial charge on any atom is -0.378 e. The Bertz CT molecular complexity index is 376. The largest absolute Gasteiger partial charge is 0.378 e. The molecule has 0 radical (unpaired) electrons. The lowest BCUT2D eigenvalue weighted by Crippen LogP contribution is -2.61. The lowest BCUT2D eigenvalue weighted by atomic mass is 10.0. The Kier molecular flexibility index (Phi) is 6.89. The van der Waals surface area contributed by atoms with Crippen molar-refractivity contribution in [2.45, 2.75) is 57.5 Å². The molecule has 3 aliphatic heterocycles. The summed E-state index contributed by atoms with van der Waals surface area (Å²) < 4.78 is 11.7. The van der Waals surface area contributed by atoms with E-state index in [0.717, 1.165) is 52.4 Å². The third-order valence-corrected chi connectivity index (χ3v) is 5.66. The molecule has 0 aromatic carbocycles. The normalized spacial score (nSPS) is 34.2. The number of fused-ring (bicyclic) bond motifs is 1. The van der Waals surface area contributed by atoms with Crippen LogP contribution in [-0.2, 0) is 9.47 Å². The molecule has 0 saturated carbocycles. The van der Waals surface area contributed by atoms with Crippen LogP contribution in [0.1, 0.15) is 27.2 Å². The van der Waals surface area contributed by atoms with E-state index in [4.69, 9.17) is 9.47 Å². The number of morpholine rings is 2. The van der Waals surface area contributed by atoms with Gasteiger partial charge in [-0.05, 0) is 27.2 Å². The van der Waals surface area contributed by atoms with Gasteiger partial charge in [-0.3, -0.25) is 9.80 Å². The van der Waals surface area contributed by atoms with Crippen LogP contribution in [0.2, 0.25) is 0 Å². The molecule has 3 aliphatic rings. The molecule has 2 N–H and O–H groups in total. The summed E-state index contributed by atoms with van der Waals surface area (Å²) in [7, 11) is 0. The molecule has 0 amide bonds. The van der Waals surface area contributed by atoms with E-state index in [1.165, 1.54) is 13.1 Å². The van der Waals surface area contributed by atoms with E-state index in [-0.39, 0.29) is 0 Å². The number of nitrogens with one attached hydrogen (secondary N) is 2. The number of piperazine rings is 1. The second kappa shape index (κ2) is 8.92. The summed E-state index contributed by atoms with van der Waals surface area (Å²) in [5, 5.41) is 7.14. The van der Waals surface area contributed by atoms with Gasteiger partial charge in [0.1, 0.15) is 0 Å². The minimum atomic E-state index is 0.366. The van der Waals surface area contributed by atoms with E-state index in [1.54, 1.807) is 0 Å². The number of hydrogen-bond donors (Lipinski definition) is 2. The summed E-state index contributed by atoms with van der Waals surface area (Å²) in [4.78, 5) is 5.23. The van der Waals surface area contributed by atoms with Crippen molar-refractivity contribution in [1.29, 1.82) is 0 Å². The van der Waals surface area contributed by atoms with Gasteiger partial charge in [-0.15, -0.1) is 0 Å². The number of nitrogens with zero attached hydrogens (tertiary/aromatic N) is 2. The summed E-state index contributed by atoms with van der Waals surface area (Å²) in [5.41, 5.74) is 0. The molecule has 0 aliphatic carbocycles. The predicted octanol–water partition coefficient (Wildman–Crippen LogP) is 0.136. The minimum absolute atomic E-state index is 0.366. The number of rotatable bonds is 6. The lowest BCUT2D eigenvalue weighted by Gasteiger charge is -2.47. The van der Waals surface area contributed by atoms with Crippen molar-refractivity contribution in [3.63, 3.8) is 0 Å². The maximum atomic E-state index is 6.19. The van der Waals surface area contributed by atoms with Gasteiger partial charge in [0.15, 0.2) is 0 Å². The van der Waals surface area contributed by atoms with Gasteiger partial charge in [0.25, 0.3) is 0 Å². The first-order chi connectivity index (χ1) is 11.6. The van der Waals surface area contributed by atoms with Gasteiger partial charge in [-0.25, -0.2) is 0 Å². The summed E-state index contributed by atoms with van der Waals surface area (Å²) in [5.74, 6) is 0. The Hall–Kier alpha value is -0.240. The highest BCUT2D eigenvalue weighted by atomic mass is 16.5. The van der Waals surface area contributed by atoms with Crippen molar-refractivity contribution in [1.82, 2.24) is 20.4 Å². The molecular formula is C18H36N4O2. The smallest absolute Gasteiger partial charge is 0.0717 e. The van der Waals surface area contributed by atoms with Gasteiger partial charge in [0, 0.05) is 63.4 Å². The standard InChI is InChI=1S/C18H36N4O2/c1-14(2)21-5-6-22-11-18(24-13-17(22)10-21)8-15(3)20-9-16-12-23-7-4-19-16/h14-20H,4-13H2,1-3H3/t15?,16?,17-,18?/m0/s1. The van der Waals surface area contributed by atoms with Crippen LogP contribution in [0.5, 0.6) is 0 Å². The Morgan fingerprint density at radius 1 is 1.17 bits per heavy atom. The second-order valence-electron chi connectivity index (χ2n) is 7.96. The van der Waals surface area contributed by atoms with Crippen LogP contribution in [0.4, 0.5) is 0 Å².